The van der Waals surface area contributed by atoms with Crippen LogP contribution in [0.25, 0.3) is 16.7 Å². The largest absolute Gasteiger partial charge is 0.462 e. The minimum atomic E-state index is -0.744. The maximum Gasteiger partial charge on any atom is 0.341 e. The number of amides is 1. The lowest BCUT2D eigenvalue weighted by Gasteiger charge is -2.15. The maximum atomic E-state index is 13.3. The van der Waals surface area contributed by atoms with E-state index in [1.54, 1.807) is 31.3 Å². The summed E-state index contributed by atoms with van der Waals surface area (Å²) in [7, 11) is 1.51. The topological polar surface area (TPSA) is 104 Å². The summed E-state index contributed by atoms with van der Waals surface area (Å²) in [5, 5.41) is 0.621. The van der Waals surface area contributed by atoms with Crippen molar-refractivity contribution in [3.05, 3.63) is 85.7 Å². The third-order valence-corrected chi connectivity index (χ3v) is 5.72. The molecule has 0 aliphatic carbocycles. The van der Waals surface area contributed by atoms with Crippen molar-refractivity contribution in [2.75, 3.05) is 20.3 Å². The van der Waals surface area contributed by atoms with Crippen LogP contribution in [0, 0.1) is 0 Å². The van der Waals surface area contributed by atoms with Crippen molar-refractivity contribution < 1.29 is 19.1 Å². The van der Waals surface area contributed by atoms with Crippen molar-refractivity contribution in [3.8, 4) is 0 Å². The van der Waals surface area contributed by atoms with Crippen LogP contribution in [-0.4, -0.2) is 46.2 Å². The zero-order valence-electron chi connectivity index (χ0n) is 18.8. The molecule has 4 rings (SSSR count). The molecule has 0 aliphatic rings. The van der Waals surface area contributed by atoms with Crippen molar-refractivity contribution in [3.63, 3.8) is 0 Å². The molecule has 0 saturated heterocycles. The van der Waals surface area contributed by atoms with Crippen LogP contribution < -0.4 is 11.0 Å². The summed E-state index contributed by atoms with van der Waals surface area (Å²) in [5.41, 5.74) is 0.231. The van der Waals surface area contributed by atoms with Crippen LogP contribution >= 0.6 is 23.2 Å². The average molecular weight is 515 g/mol. The van der Waals surface area contributed by atoms with Crippen LogP contribution in [-0.2, 0) is 16.0 Å². The number of hydrogen-bond donors (Lipinski definition) is 0. The van der Waals surface area contributed by atoms with Gasteiger partial charge in [0.2, 0.25) is 0 Å². The van der Waals surface area contributed by atoms with Gasteiger partial charge < -0.3 is 14.0 Å². The molecule has 0 radical (unpaired) electrons. The Morgan fingerprint density at radius 3 is 2.63 bits per heavy atom. The number of carbonyl (C=O) groups excluding carboxylic acids is 2. The monoisotopic (exact) mass is 514 g/mol. The van der Waals surface area contributed by atoms with Gasteiger partial charge in [0.05, 0.1) is 29.2 Å². The van der Waals surface area contributed by atoms with Gasteiger partial charge in [-0.2, -0.15) is 4.99 Å². The van der Waals surface area contributed by atoms with Crippen LogP contribution in [0.3, 0.4) is 0 Å². The molecule has 0 unspecified atom stereocenters. The van der Waals surface area contributed by atoms with Crippen molar-refractivity contribution in [2.45, 2.75) is 13.5 Å². The van der Waals surface area contributed by atoms with Gasteiger partial charge >= 0.3 is 5.97 Å². The van der Waals surface area contributed by atoms with E-state index in [4.69, 9.17) is 32.7 Å². The summed E-state index contributed by atoms with van der Waals surface area (Å²) >= 11 is 12.2. The third-order valence-electron chi connectivity index (χ3n) is 5.17. The van der Waals surface area contributed by atoms with Gasteiger partial charge in [0.15, 0.2) is 5.49 Å². The summed E-state index contributed by atoms with van der Waals surface area (Å²) in [6, 6.07) is 10.8. The quantitative estimate of drug-likeness (QED) is 0.288. The van der Waals surface area contributed by atoms with E-state index in [2.05, 4.69) is 9.98 Å². The summed E-state index contributed by atoms with van der Waals surface area (Å²) in [6.07, 6.45) is 1.58. The van der Waals surface area contributed by atoms with Crippen LogP contribution in [0.5, 0.6) is 0 Å². The number of rotatable bonds is 6. The molecule has 0 atom stereocenters. The number of hydrogen-bond acceptors (Lipinski definition) is 6. The second kappa shape index (κ2) is 10.4. The number of methoxy groups -OCH3 is 1. The lowest BCUT2D eigenvalue weighted by Crippen LogP contribution is -2.33. The van der Waals surface area contributed by atoms with Crippen molar-refractivity contribution in [1.29, 1.82) is 0 Å². The Bertz CT molecular complexity index is 1590. The van der Waals surface area contributed by atoms with Gasteiger partial charge in [-0.05, 0) is 43.3 Å². The van der Waals surface area contributed by atoms with Crippen molar-refractivity contribution in [2.24, 2.45) is 4.99 Å². The molecule has 4 aromatic rings. The first-order valence-corrected chi connectivity index (χ1v) is 11.4. The predicted octanol–water partition coefficient (Wildman–Crippen LogP) is 3.52. The SMILES string of the molecule is CCOC(=O)c1cc2c(=O)n3ccccc3nc2n(CCOC)c1=NC(=O)c1ccc(Cl)cc1Cl. The Kier molecular flexibility index (Phi) is 7.30. The number of halogens is 2. The fourth-order valence-electron chi connectivity index (χ4n) is 3.57. The Morgan fingerprint density at radius 1 is 1.11 bits per heavy atom. The van der Waals surface area contributed by atoms with Gasteiger partial charge in [0, 0.05) is 24.9 Å². The van der Waals surface area contributed by atoms with E-state index in [0.717, 1.165) is 0 Å². The maximum absolute atomic E-state index is 13.3. The predicted molar refractivity (Wildman–Crippen MR) is 131 cm³/mol. The molecule has 3 heterocycles. The van der Waals surface area contributed by atoms with E-state index in [1.807, 2.05) is 0 Å². The van der Waals surface area contributed by atoms with E-state index >= 15 is 0 Å². The van der Waals surface area contributed by atoms with Crippen LogP contribution in [0.15, 0.2) is 58.4 Å². The fourth-order valence-corrected chi connectivity index (χ4v) is 4.06. The van der Waals surface area contributed by atoms with Crippen LogP contribution in [0.2, 0.25) is 10.0 Å². The Morgan fingerprint density at radius 2 is 1.91 bits per heavy atom. The van der Waals surface area contributed by atoms with Crippen molar-refractivity contribution >= 4 is 51.8 Å². The third kappa shape index (κ3) is 4.84. The van der Waals surface area contributed by atoms with Crippen LogP contribution in [0.1, 0.15) is 27.6 Å². The Hall–Kier alpha value is -3.53. The van der Waals surface area contributed by atoms with Crippen molar-refractivity contribution in [1.82, 2.24) is 14.0 Å². The highest BCUT2D eigenvalue weighted by Gasteiger charge is 2.21. The highest BCUT2D eigenvalue weighted by molar-refractivity contribution is 6.36. The van der Waals surface area contributed by atoms with E-state index in [9.17, 15) is 14.4 Å². The summed E-state index contributed by atoms with van der Waals surface area (Å²) in [4.78, 5) is 48.2. The average Bonchev–Trinajstić information content (AvgIpc) is 2.83. The Balaban J connectivity index is 2.11. The number of esters is 1. The molecule has 1 aromatic carbocycles. The molecule has 11 heteroatoms. The molecular weight excluding hydrogens is 495 g/mol. The molecule has 0 saturated carbocycles. The van der Waals surface area contributed by atoms with Gasteiger partial charge in [-0.25, -0.2) is 9.78 Å². The minimum absolute atomic E-state index is 0.0313. The number of ether oxygens (including phenoxy) is 2. The second-order valence-electron chi connectivity index (χ2n) is 7.37. The van der Waals surface area contributed by atoms with E-state index in [0.29, 0.717) is 10.7 Å². The lowest BCUT2D eigenvalue weighted by atomic mass is 10.2. The van der Waals surface area contributed by atoms with E-state index < -0.39 is 11.9 Å². The van der Waals surface area contributed by atoms with Gasteiger partial charge in [0.25, 0.3) is 11.5 Å². The first kappa shape index (κ1) is 24.6. The molecule has 3 aromatic heterocycles. The molecule has 0 spiro atoms. The van der Waals surface area contributed by atoms with Gasteiger partial charge in [-0.15, -0.1) is 0 Å². The van der Waals surface area contributed by atoms with E-state index in [-0.39, 0.29) is 58.0 Å². The number of benzene rings is 1. The zero-order chi connectivity index (χ0) is 25.1. The van der Waals surface area contributed by atoms with Gasteiger partial charge in [-0.3, -0.25) is 14.0 Å². The van der Waals surface area contributed by atoms with Gasteiger partial charge in [0.1, 0.15) is 16.9 Å². The molecule has 180 valence electrons. The highest BCUT2D eigenvalue weighted by Crippen LogP contribution is 2.21. The molecule has 0 aliphatic heterocycles. The summed E-state index contributed by atoms with van der Waals surface area (Å²) in [6.45, 7) is 2.08. The summed E-state index contributed by atoms with van der Waals surface area (Å²) in [5.74, 6) is -1.45. The molecular formula is C24H20Cl2N4O5. The molecule has 0 bridgehead atoms. The molecule has 0 N–H and O–H groups in total. The van der Waals surface area contributed by atoms with Gasteiger partial charge in [-0.1, -0.05) is 29.3 Å². The van der Waals surface area contributed by atoms with Crippen LogP contribution in [0.4, 0.5) is 0 Å². The normalized spacial score (nSPS) is 11.8. The fraction of sp³-hybridized carbons (Fsp3) is 0.208. The number of nitrogens with zero attached hydrogens (tertiary/aromatic N) is 4. The number of pyridine rings is 2. The molecule has 35 heavy (non-hydrogen) atoms. The smallest absolute Gasteiger partial charge is 0.341 e. The lowest BCUT2D eigenvalue weighted by molar-refractivity contribution is 0.0523. The molecule has 0 fully saturated rings. The highest BCUT2D eigenvalue weighted by atomic mass is 35.5. The molecule has 9 nitrogen and oxygen atoms in total. The first-order chi connectivity index (χ1) is 16.8. The minimum Gasteiger partial charge on any atom is -0.462 e. The first-order valence-electron chi connectivity index (χ1n) is 10.6. The number of carbonyl (C=O) groups is 2. The zero-order valence-corrected chi connectivity index (χ0v) is 20.3. The summed E-state index contributed by atoms with van der Waals surface area (Å²) < 4.78 is 13.3. The van der Waals surface area contributed by atoms with E-state index in [1.165, 1.54) is 40.3 Å². The Labute approximate surface area is 209 Å². The molecule has 1 amide bonds. The second-order valence-corrected chi connectivity index (χ2v) is 8.21. The number of fused-ring (bicyclic) bond motifs is 2. The number of aromatic nitrogens is 3. The standard InChI is InChI=1S/C24H20Cl2N4O5/c1-3-35-24(33)17-13-16-20(27-19-6-4-5-9-29(19)23(16)32)30(10-11-34-2)21(17)28-22(31)15-8-7-14(25)12-18(15)26/h4-9,12-13H,3,10-11H2,1-2H3.